The first-order valence-electron chi connectivity index (χ1n) is 6.29. The van der Waals surface area contributed by atoms with Crippen molar-refractivity contribution < 1.29 is 5.11 Å². The summed E-state index contributed by atoms with van der Waals surface area (Å²) in [6.07, 6.45) is 2.58. The van der Waals surface area contributed by atoms with Crippen LogP contribution in [0.4, 0.5) is 0 Å². The van der Waals surface area contributed by atoms with Crippen molar-refractivity contribution in [1.29, 1.82) is 0 Å². The topological polar surface area (TPSA) is 48.9 Å². The lowest BCUT2D eigenvalue weighted by atomic mass is 10.0. The second-order valence-electron chi connectivity index (χ2n) is 4.59. The third-order valence-corrected chi connectivity index (χ3v) is 3.73. The standard InChI is InChI=1S/C16H13BrN2O/c17-13-7-5-11(6-8-13)9-12-10-18-19-16(12)14-3-1-2-4-15(14)20/h1-8,10,20H,9H2,(H,18,19). The lowest BCUT2D eigenvalue weighted by Gasteiger charge is -2.06. The van der Waals surface area contributed by atoms with E-state index in [1.54, 1.807) is 6.07 Å². The molecule has 0 atom stereocenters. The summed E-state index contributed by atoms with van der Waals surface area (Å²) >= 11 is 3.43. The van der Waals surface area contributed by atoms with Crippen molar-refractivity contribution in [3.8, 4) is 17.0 Å². The van der Waals surface area contributed by atoms with Crippen molar-refractivity contribution >= 4 is 15.9 Å². The van der Waals surface area contributed by atoms with Gasteiger partial charge in [-0.15, -0.1) is 0 Å². The van der Waals surface area contributed by atoms with Gasteiger partial charge >= 0.3 is 0 Å². The fourth-order valence-corrected chi connectivity index (χ4v) is 2.45. The van der Waals surface area contributed by atoms with Crippen molar-refractivity contribution in [3.05, 3.63) is 70.3 Å². The van der Waals surface area contributed by atoms with E-state index in [9.17, 15) is 5.11 Å². The molecule has 0 saturated carbocycles. The Morgan fingerprint density at radius 2 is 1.80 bits per heavy atom. The van der Waals surface area contributed by atoms with Crippen LogP contribution in [0.3, 0.4) is 0 Å². The van der Waals surface area contributed by atoms with Crippen LogP contribution in [-0.4, -0.2) is 15.3 Å². The van der Waals surface area contributed by atoms with Crippen molar-refractivity contribution in [2.24, 2.45) is 0 Å². The maximum absolute atomic E-state index is 9.96. The molecule has 0 saturated heterocycles. The first kappa shape index (κ1) is 12.9. The molecule has 0 unspecified atom stereocenters. The molecule has 3 aromatic rings. The Kier molecular flexibility index (Phi) is 3.56. The molecule has 2 aromatic carbocycles. The van der Waals surface area contributed by atoms with Crippen LogP contribution in [0, 0.1) is 0 Å². The number of phenolic OH excluding ortho intramolecular Hbond substituents is 1. The summed E-state index contributed by atoms with van der Waals surface area (Å²) in [6, 6.07) is 15.5. The summed E-state index contributed by atoms with van der Waals surface area (Å²) in [7, 11) is 0. The summed E-state index contributed by atoms with van der Waals surface area (Å²) in [6.45, 7) is 0. The minimum atomic E-state index is 0.258. The van der Waals surface area contributed by atoms with Gasteiger partial charge in [-0.1, -0.05) is 40.2 Å². The number of para-hydroxylation sites is 1. The number of aromatic nitrogens is 2. The largest absolute Gasteiger partial charge is 0.507 e. The quantitative estimate of drug-likeness (QED) is 0.759. The molecule has 3 rings (SSSR count). The van der Waals surface area contributed by atoms with Gasteiger partial charge in [0.25, 0.3) is 0 Å². The molecule has 0 spiro atoms. The van der Waals surface area contributed by atoms with Crippen LogP contribution < -0.4 is 0 Å². The molecule has 0 aliphatic heterocycles. The second kappa shape index (κ2) is 5.51. The van der Waals surface area contributed by atoms with E-state index in [0.29, 0.717) is 0 Å². The number of hydrogen-bond donors (Lipinski definition) is 2. The van der Waals surface area contributed by atoms with E-state index in [0.717, 1.165) is 27.7 Å². The second-order valence-corrected chi connectivity index (χ2v) is 5.51. The van der Waals surface area contributed by atoms with E-state index in [4.69, 9.17) is 0 Å². The van der Waals surface area contributed by atoms with Crippen LogP contribution in [0.1, 0.15) is 11.1 Å². The van der Waals surface area contributed by atoms with Gasteiger partial charge in [0.05, 0.1) is 11.9 Å². The molecule has 0 amide bonds. The van der Waals surface area contributed by atoms with E-state index in [-0.39, 0.29) is 5.75 Å². The molecule has 0 aliphatic rings. The zero-order valence-electron chi connectivity index (χ0n) is 10.7. The number of aromatic amines is 1. The summed E-state index contributed by atoms with van der Waals surface area (Å²) in [5.41, 5.74) is 3.91. The molecule has 4 heteroatoms. The Bertz CT molecular complexity index is 719. The van der Waals surface area contributed by atoms with Gasteiger partial charge in [-0.2, -0.15) is 5.10 Å². The van der Waals surface area contributed by atoms with E-state index >= 15 is 0 Å². The maximum Gasteiger partial charge on any atom is 0.124 e. The number of phenols is 1. The third-order valence-electron chi connectivity index (χ3n) is 3.20. The number of halogens is 1. The highest BCUT2D eigenvalue weighted by molar-refractivity contribution is 9.10. The number of aromatic hydroxyl groups is 1. The SMILES string of the molecule is Oc1ccccc1-c1[nH]ncc1Cc1ccc(Br)cc1. The predicted molar refractivity (Wildman–Crippen MR) is 82.6 cm³/mol. The zero-order chi connectivity index (χ0) is 13.9. The van der Waals surface area contributed by atoms with E-state index in [2.05, 4.69) is 38.3 Å². The highest BCUT2D eigenvalue weighted by Crippen LogP contribution is 2.30. The van der Waals surface area contributed by atoms with Crippen LogP contribution in [0.25, 0.3) is 11.3 Å². The molecule has 3 nitrogen and oxygen atoms in total. The zero-order valence-corrected chi connectivity index (χ0v) is 12.3. The van der Waals surface area contributed by atoms with Gasteiger partial charge in [-0.05, 0) is 29.8 Å². The first-order valence-corrected chi connectivity index (χ1v) is 7.08. The van der Waals surface area contributed by atoms with Gasteiger partial charge in [0.2, 0.25) is 0 Å². The van der Waals surface area contributed by atoms with E-state index in [1.807, 2.05) is 36.5 Å². The summed E-state index contributed by atoms with van der Waals surface area (Å²) in [4.78, 5) is 0. The molecule has 0 bridgehead atoms. The molecule has 0 aliphatic carbocycles. The van der Waals surface area contributed by atoms with E-state index in [1.165, 1.54) is 5.56 Å². The Hall–Kier alpha value is -2.07. The van der Waals surface area contributed by atoms with E-state index < -0.39 is 0 Å². The molecular formula is C16H13BrN2O. The highest BCUT2D eigenvalue weighted by Gasteiger charge is 2.11. The molecule has 1 aromatic heterocycles. The lowest BCUT2D eigenvalue weighted by molar-refractivity contribution is 0.477. The predicted octanol–water partition coefficient (Wildman–Crippen LogP) is 4.14. The van der Waals surface area contributed by atoms with Crippen LogP contribution >= 0.6 is 15.9 Å². The van der Waals surface area contributed by atoms with Crippen molar-refractivity contribution in [1.82, 2.24) is 10.2 Å². The molecule has 0 radical (unpaired) electrons. The monoisotopic (exact) mass is 328 g/mol. The number of nitrogens with zero attached hydrogens (tertiary/aromatic N) is 1. The average Bonchev–Trinajstić information content (AvgIpc) is 2.90. The van der Waals surface area contributed by atoms with Crippen molar-refractivity contribution in [2.75, 3.05) is 0 Å². The maximum atomic E-state index is 9.96. The fourth-order valence-electron chi connectivity index (χ4n) is 2.19. The molecule has 1 heterocycles. The lowest BCUT2D eigenvalue weighted by Crippen LogP contribution is -1.90. The number of rotatable bonds is 3. The van der Waals surface area contributed by atoms with Crippen LogP contribution in [0.5, 0.6) is 5.75 Å². The Balaban J connectivity index is 1.95. The summed E-state index contributed by atoms with van der Waals surface area (Å²) in [5.74, 6) is 0.258. The van der Waals surface area contributed by atoms with Crippen molar-refractivity contribution in [3.63, 3.8) is 0 Å². The number of hydrogen-bond acceptors (Lipinski definition) is 2. The minimum Gasteiger partial charge on any atom is -0.507 e. The average molecular weight is 329 g/mol. The number of H-pyrrole nitrogens is 1. The van der Waals surface area contributed by atoms with Crippen LogP contribution in [0.2, 0.25) is 0 Å². The van der Waals surface area contributed by atoms with Gasteiger partial charge in [-0.25, -0.2) is 0 Å². The van der Waals surface area contributed by atoms with Gasteiger partial charge in [0, 0.05) is 22.0 Å². The molecular weight excluding hydrogens is 316 g/mol. The van der Waals surface area contributed by atoms with Gasteiger partial charge in [0.1, 0.15) is 5.75 Å². The molecule has 20 heavy (non-hydrogen) atoms. The normalized spacial score (nSPS) is 10.7. The Labute approximate surface area is 125 Å². The number of nitrogens with one attached hydrogen (secondary N) is 1. The minimum absolute atomic E-state index is 0.258. The third kappa shape index (κ3) is 2.60. The Morgan fingerprint density at radius 1 is 1.05 bits per heavy atom. The highest BCUT2D eigenvalue weighted by atomic mass is 79.9. The van der Waals surface area contributed by atoms with Gasteiger partial charge in [0.15, 0.2) is 0 Å². The number of benzene rings is 2. The summed E-state index contributed by atoms with van der Waals surface area (Å²) in [5, 5.41) is 17.0. The van der Waals surface area contributed by atoms with Gasteiger partial charge in [-0.3, -0.25) is 5.10 Å². The molecule has 2 N–H and O–H groups in total. The fraction of sp³-hybridized carbons (Fsp3) is 0.0625. The van der Waals surface area contributed by atoms with Crippen LogP contribution in [0.15, 0.2) is 59.2 Å². The van der Waals surface area contributed by atoms with Crippen LogP contribution in [-0.2, 0) is 6.42 Å². The molecule has 0 fully saturated rings. The van der Waals surface area contributed by atoms with Crippen molar-refractivity contribution in [2.45, 2.75) is 6.42 Å². The first-order chi connectivity index (χ1) is 9.74. The molecule has 100 valence electrons. The Morgan fingerprint density at radius 3 is 2.55 bits per heavy atom. The smallest absolute Gasteiger partial charge is 0.124 e. The summed E-state index contributed by atoms with van der Waals surface area (Å²) < 4.78 is 1.06. The van der Waals surface area contributed by atoms with Gasteiger partial charge < -0.3 is 5.11 Å².